The van der Waals surface area contributed by atoms with Gasteiger partial charge in [-0.25, -0.2) is 0 Å². The van der Waals surface area contributed by atoms with Crippen LogP contribution in [0.5, 0.6) is 0 Å². The Bertz CT molecular complexity index is 412. The Kier molecular flexibility index (Phi) is 5.89. The monoisotopic (exact) mass is 246 g/mol. The SMILES string of the molecule is CCN(CCO)C(=O)C(C#N)Cc1ccccc1. The second kappa shape index (κ2) is 7.46. The van der Waals surface area contributed by atoms with E-state index in [0.29, 0.717) is 13.0 Å². The molecule has 4 heteroatoms. The summed E-state index contributed by atoms with van der Waals surface area (Å²) in [5.74, 6) is -0.892. The first-order valence-electron chi connectivity index (χ1n) is 6.06. The van der Waals surface area contributed by atoms with Crippen LogP contribution >= 0.6 is 0 Å². The number of carbonyl (C=O) groups excluding carboxylic acids is 1. The van der Waals surface area contributed by atoms with Gasteiger partial charge < -0.3 is 10.0 Å². The average molecular weight is 246 g/mol. The summed E-state index contributed by atoms with van der Waals surface area (Å²) in [6.45, 7) is 2.54. The number of nitriles is 1. The number of rotatable bonds is 6. The van der Waals surface area contributed by atoms with E-state index in [1.54, 1.807) is 0 Å². The van der Waals surface area contributed by atoms with Crippen molar-refractivity contribution in [3.8, 4) is 6.07 Å². The van der Waals surface area contributed by atoms with Crippen molar-refractivity contribution in [1.29, 1.82) is 5.26 Å². The maximum absolute atomic E-state index is 12.1. The predicted octanol–water partition coefficient (Wildman–Crippen LogP) is 1.21. The van der Waals surface area contributed by atoms with E-state index >= 15 is 0 Å². The highest BCUT2D eigenvalue weighted by Gasteiger charge is 2.23. The van der Waals surface area contributed by atoms with Crippen LogP contribution in [0.25, 0.3) is 0 Å². The van der Waals surface area contributed by atoms with Crippen LogP contribution in [0.4, 0.5) is 0 Å². The van der Waals surface area contributed by atoms with E-state index in [2.05, 4.69) is 6.07 Å². The Morgan fingerprint density at radius 1 is 1.44 bits per heavy atom. The fourth-order valence-electron chi connectivity index (χ4n) is 1.80. The zero-order valence-electron chi connectivity index (χ0n) is 10.5. The third-order valence-electron chi connectivity index (χ3n) is 2.80. The number of likely N-dealkylation sites (N-methyl/N-ethyl adjacent to an activating group) is 1. The molecule has 0 saturated heterocycles. The molecule has 4 nitrogen and oxygen atoms in total. The van der Waals surface area contributed by atoms with Gasteiger partial charge in [0.1, 0.15) is 5.92 Å². The van der Waals surface area contributed by atoms with E-state index in [4.69, 9.17) is 10.4 Å². The largest absolute Gasteiger partial charge is 0.395 e. The first kappa shape index (κ1) is 14.2. The fourth-order valence-corrected chi connectivity index (χ4v) is 1.80. The van der Waals surface area contributed by atoms with Crippen molar-refractivity contribution in [2.75, 3.05) is 19.7 Å². The lowest BCUT2D eigenvalue weighted by molar-refractivity contribution is -0.134. The Balaban J connectivity index is 2.72. The zero-order chi connectivity index (χ0) is 13.4. The fraction of sp³-hybridized carbons (Fsp3) is 0.429. The predicted molar refractivity (Wildman–Crippen MR) is 68.6 cm³/mol. The zero-order valence-corrected chi connectivity index (χ0v) is 10.5. The molecule has 1 aromatic carbocycles. The molecule has 1 rings (SSSR count). The molecule has 0 aromatic heterocycles. The van der Waals surface area contributed by atoms with Crippen LogP contribution in [0.2, 0.25) is 0 Å². The molecule has 18 heavy (non-hydrogen) atoms. The lowest BCUT2D eigenvalue weighted by Gasteiger charge is -2.22. The topological polar surface area (TPSA) is 64.3 Å². The van der Waals surface area contributed by atoms with E-state index in [0.717, 1.165) is 5.56 Å². The Morgan fingerprint density at radius 2 is 2.11 bits per heavy atom. The summed E-state index contributed by atoms with van der Waals surface area (Å²) in [6, 6.07) is 11.5. The molecule has 96 valence electrons. The smallest absolute Gasteiger partial charge is 0.240 e. The number of amides is 1. The van der Waals surface area contributed by atoms with Gasteiger partial charge in [0, 0.05) is 13.1 Å². The minimum atomic E-state index is -0.682. The number of hydrogen-bond acceptors (Lipinski definition) is 3. The molecule has 1 atom stereocenters. The average Bonchev–Trinajstić information content (AvgIpc) is 2.42. The molecule has 0 heterocycles. The molecular formula is C14H18N2O2. The maximum Gasteiger partial charge on any atom is 0.240 e. The van der Waals surface area contributed by atoms with Crippen molar-refractivity contribution in [1.82, 2.24) is 4.90 Å². The lowest BCUT2D eigenvalue weighted by atomic mass is 9.99. The minimum absolute atomic E-state index is 0.0803. The van der Waals surface area contributed by atoms with Crippen molar-refractivity contribution in [2.24, 2.45) is 5.92 Å². The molecule has 0 aliphatic heterocycles. The number of carbonyl (C=O) groups is 1. The van der Waals surface area contributed by atoms with Crippen LogP contribution in [-0.4, -0.2) is 35.6 Å². The lowest BCUT2D eigenvalue weighted by Crippen LogP contribution is -2.38. The van der Waals surface area contributed by atoms with Gasteiger partial charge in [-0.3, -0.25) is 4.79 Å². The van der Waals surface area contributed by atoms with Crippen molar-refractivity contribution in [2.45, 2.75) is 13.3 Å². The highest BCUT2D eigenvalue weighted by atomic mass is 16.3. The Morgan fingerprint density at radius 3 is 2.61 bits per heavy atom. The Labute approximate surface area is 107 Å². The number of aliphatic hydroxyl groups is 1. The summed E-state index contributed by atoms with van der Waals surface area (Å²) in [4.78, 5) is 13.6. The van der Waals surface area contributed by atoms with Gasteiger partial charge in [-0.15, -0.1) is 0 Å². The van der Waals surface area contributed by atoms with Gasteiger partial charge in [0.05, 0.1) is 12.7 Å². The number of nitrogens with zero attached hydrogens (tertiary/aromatic N) is 2. The summed E-state index contributed by atoms with van der Waals surface area (Å²) in [5.41, 5.74) is 0.970. The van der Waals surface area contributed by atoms with Crippen LogP contribution in [0.3, 0.4) is 0 Å². The van der Waals surface area contributed by atoms with Crippen LogP contribution in [0.1, 0.15) is 12.5 Å². The van der Waals surface area contributed by atoms with Gasteiger partial charge in [-0.1, -0.05) is 30.3 Å². The van der Waals surface area contributed by atoms with E-state index in [9.17, 15) is 4.79 Å². The number of hydrogen-bond donors (Lipinski definition) is 1. The number of benzene rings is 1. The molecule has 1 amide bonds. The van der Waals surface area contributed by atoms with Crippen LogP contribution in [0.15, 0.2) is 30.3 Å². The second-order valence-electron chi connectivity index (χ2n) is 4.01. The first-order chi connectivity index (χ1) is 8.72. The molecule has 1 unspecified atom stereocenters. The molecule has 0 radical (unpaired) electrons. The molecule has 1 N–H and O–H groups in total. The normalized spacial score (nSPS) is 11.6. The summed E-state index contributed by atoms with van der Waals surface area (Å²) < 4.78 is 0. The van der Waals surface area contributed by atoms with Gasteiger partial charge in [0.25, 0.3) is 0 Å². The Hall–Kier alpha value is -1.86. The van der Waals surface area contributed by atoms with Gasteiger partial charge in [-0.2, -0.15) is 5.26 Å². The molecule has 0 aliphatic carbocycles. The highest BCUT2D eigenvalue weighted by Crippen LogP contribution is 2.11. The molecule has 1 aromatic rings. The van der Waals surface area contributed by atoms with Crippen LogP contribution < -0.4 is 0 Å². The highest BCUT2D eigenvalue weighted by molar-refractivity contribution is 5.81. The van der Waals surface area contributed by atoms with Crippen molar-refractivity contribution in [3.63, 3.8) is 0 Å². The second-order valence-corrected chi connectivity index (χ2v) is 4.01. The molecule has 0 bridgehead atoms. The first-order valence-corrected chi connectivity index (χ1v) is 6.06. The van der Waals surface area contributed by atoms with Gasteiger partial charge >= 0.3 is 0 Å². The van der Waals surface area contributed by atoms with Crippen molar-refractivity contribution < 1.29 is 9.90 Å². The molecule has 0 aliphatic rings. The minimum Gasteiger partial charge on any atom is -0.395 e. The van der Waals surface area contributed by atoms with Crippen molar-refractivity contribution in [3.05, 3.63) is 35.9 Å². The maximum atomic E-state index is 12.1. The van der Waals surface area contributed by atoms with E-state index < -0.39 is 5.92 Å². The van der Waals surface area contributed by atoms with Gasteiger partial charge in [0.15, 0.2) is 0 Å². The summed E-state index contributed by atoms with van der Waals surface area (Å²) in [6.07, 6.45) is 0.415. The molecule has 0 spiro atoms. The summed E-state index contributed by atoms with van der Waals surface area (Å²) >= 11 is 0. The summed E-state index contributed by atoms with van der Waals surface area (Å²) in [7, 11) is 0. The van der Waals surface area contributed by atoms with E-state index in [1.807, 2.05) is 37.3 Å². The summed E-state index contributed by atoms with van der Waals surface area (Å²) in [5, 5.41) is 18.0. The van der Waals surface area contributed by atoms with E-state index in [1.165, 1.54) is 4.90 Å². The van der Waals surface area contributed by atoms with Gasteiger partial charge in [-0.05, 0) is 18.9 Å². The molecule has 0 fully saturated rings. The molecular weight excluding hydrogens is 228 g/mol. The molecule has 0 saturated carbocycles. The third kappa shape index (κ3) is 3.86. The number of aliphatic hydroxyl groups excluding tert-OH is 1. The van der Waals surface area contributed by atoms with Crippen LogP contribution in [-0.2, 0) is 11.2 Å². The van der Waals surface area contributed by atoms with Gasteiger partial charge in [0.2, 0.25) is 5.91 Å². The third-order valence-corrected chi connectivity index (χ3v) is 2.80. The quantitative estimate of drug-likeness (QED) is 0.820. The standard InChI is InChI=1S/C14H18N2O2/c1-2-16(8-9-17)14(18)13(11-15)10-12-6-4-3-5-7-12/h3-7,13,17H,2,8-10H2,1H3. The van der Waals surface area contributed by atoms with E-state index in [-0.39, 0.29) is 19.1 Å². The van der Waals surface area contributed by atoms with Crippen molar-refractivity contribution >= 4 is 5.91 Å². The van der Waals surface area contributed by atoms with Crippen LogP contribution in [0, 0.1) is 17.2 Å².